The maximum atomic E-state index is 12.8. The normalized spacial score (nSPS) is 24.5. The molecule has 3 atom stereocenters. The fourth-order valence-electron chi connectivity index (χ4n) is 3.29. The van der Waals surface area contributed by atoms with E-state index in [4.69, 9.17) is 15.2 Å². The van der Waals surface area contributed by atoms with Crippen LogP contribution in [0.1, 0.15) is 27.2 Å². The number of nitrogens with zero attached hydrogens (tertiary/aromatic N) is 1. The SMILES string of the molecule is COc1ccc(N)c(NC(=O)[C@@H]2[C@H]3C[C@H]3CN2C(=O)OC(C)(C)C)c1. The third-order valence-electron chi connectivity index (χ3n) is 4.56. The molecule has 0 radical (unpaired) electrons. The fraction of sp³-hybridized carbons (Fsp3) is 0.556. The van der Waals surface area contributed by atoms with Gasteiger partial charge in [0.05, 0.1) is 18.5 Å². The lowest BCUT2D eigenvalue weighted by molar-refractivity contribution is -0.121. The lowest BCUT2D eigenvalue weighted by Crippen LogP contribution is -2.47. The van der Waals surface area contributed by atoms with E-state index in [-0.39, 0.29) is 11.8 Å². The molecule has 2 fully saturated rings. The highest BCUT2D eigenvalue weighted by atomic mass is 16.6. The number of rotatable bonds is 3. The average molecular weight is 347 g/mol. The van der Waals surface area contributed by atoms with Gasteiger partial charge in [0, 0.05) is 12.6 Å². The minimum Gasteiger partial charge on any atom is -0.497 e. The molecule has 3 N–H and O–H groups in total. The van der Waals surface area contributed by atoms with E-state index < -0.39 is 17.7 Å². The summed E-state index contributed by atoms with van der Waals surface area (Å²) in [6, 6.07) is 4.55. The number of methoxy groups -OCH3 is 1. The van der Waals surface area contributed by atoms with Crippen LogP contribution < -0.4 is 15.8 Å². The Labute approximate surface area is 147 Å². The summed E-state index contributed by atoms with van der Waals surface area (Å²) in [4.78, 5) is 26.8. The second-order valence-electron chi connectivity index (χ2n) is 7.68. The molecule has 136 valence electrons. The van der Waals surface area contributed by atoms with Crippen LogP contribution in [0.15, 0.2) is 18.2 Å². The highest BCUT2D eigenvalue weighted by Gasteiger charge is 2.57. The maximum Gasteiger partial charge on any atom is 0.410 e. The standard InChI is InChI=1S/C18H25N3O4/c1-18(2,3)25-17(23)21-9-10-7-12(10)15(21)16(22)20-14-8-11(24-4)5-6-13(14)19/h5-6,8,10,12,15H,7,9,19H2,1-4H3,(H,20,22)/t10-,12-,15-/m0/s1. The van der Waals surface area contributed by atoms with Gasteiger partial charge in [-0.1, -0.05) is 0 Å². The van der Waals surface area contributed by atoms with Crippen LogP contribution in [0.4, 0.5) is 16.2 Å². The number of benzene rings is 1. The molecule has 7 heteroatoms. The first-order valence-electron chi connectivity index (χ1n) is 8.43. The van der Waals surface area contributed by atoms with Gasteiger partial charge in [-0.15, -0.1) is 0 Å². The number of nitrogens with one attached hydrogen (secondary N) is 1. The number of ether oxygens (including phenoxy) is 2. The second-order valence-corrected chi connectivity index (χ2v) is 7.68. The van der Waals surface area contributed by atoms with Crippen LogP contribution >= 0.6 is 0 Å². The Morgan fingerprint density at radius 3 is 2.68 bits per heavy atom. The molecule has 25 heavy (non-hydrogen) atoms. The molecule has 2 aliphatic rings. The maximum absolute atomic E-state index is 12.8. The summed E-state index contributed by atoms with van der Waals surface area (Å²) < 4.78 is 10.6. The molecule has 0 aromatic heterocycles. The van der Waals surface area contributed by atoms with Crippen molar-refractivity contribution in [1.29, 1.82) is 0 Å². The number of anilines is 2. The van der Waals surface area contributed by atoms with Gasteiger partial charge >= 0.3 is 6.09 Å². The number of piperidine rings is 1. The van der Waals surface area contributed by atoms with E-state index in [1.807, 2.05) is 20.8 Å². The van der Waals surface area contributed by atoms with Crippen molar-refractivity contribution in [2.75, 3.05) is 24.7 Å². The number of carbonyl (C=O) groups excluding carboxylic acids is 2. The number of fused-ring (bicyclic) bond motifs is 1. The van der Waals surface area contributed by atoms with Crippen LogP contribution in [0.3, 0.4) is 0 Å². The van der Waals surface area contributed by atoms with Gasteiger partial charge in [-0.25, -0.2) is 4.79 Å². The fourth-order valence-corrected chi connectivity index (χ4v) is 3.29. The molecule has 2 amide bonds. The van der Waals surface area contributed by atoms with Crippen LogP contribution in [-0.2, 0) is 9.53 Å². The van der Waals surface area contributed by atoms with Gasteiger partial charge in [0.25, 0.3) is 0 Å². The van der Waals surface area contributed by atoms with Crippen molar-refractivity contribution >= 4 is 23.4 Å². The van der Waals surface area contributed by atoms with Gasteiger partial charge in [-0.2, -0.15) is 0 Å². The van der Waals surface area contributed by atoms with Crippen molar-refractivity contribution < 1.29 is 19.1 Å². The number of nitrogen functional groups attached to an aromatic ring is 1. The van der Waals surface area contributed by atoms with Crippen LogP contribution in [-0.4, -0.2) is 42.2 Å². The minimum absolute atomic E-state index is 0.194. The predicted octanol–water partition coefficient (Wildman–Crippen LogP) is 2.47. The third kappa shape index (κ3) is 3.65. The van der Waals surface area contributed by atoms with Crippen LogP contribution in [0.2, 0.25) is 0 Å². The minimum atomic E-state index is -0.595. The van der Waals surface area contributed by atoms with Crippen molar-refractivity contribution in [3.8, 4) is 5.75 Å². The zero-order valence-corrected chi connectivity index (χ0v) is 15.0. The Balaban J connectivity index is 1.75. The molecule has 1 aliphatic carbocycles. The highest BCUT2D eigenvalue weighted by molar-refractivity contribution is 5.99. The molecule has 1 saturated carbocycles. The lowest BCUT2D eigenvalue weighted by Gasteiger charge is -2.29. The Bertz CT molecular complexity index is 698. The average Bonchev–Trinajstić information content (AvgIpc) is 3.17. The van der Waals surface area contributed by atoms with Crippen molar-refractivity contribution in [3.63, 3.8) is 0 Å². The quantitative estimate of drug-likeness (QED) is 0.819. The summed E-state index contributed by atoms with van der Waals surface area (Å²) >= 11 is 0. The van der Waals surface area contributed by atoms with Crippen LogP contribution in [0.25, 0.3) is 0 Å². The first-order chi connectivity index (χ1) is 11.7. The molecule has 1 aromatic rings. The van der Waals surface area contributed by atoms with Gasteiger partial charge < -0.3 is 20.5 Å². The predicted molar refractivity (Wildman–Crippen MR) is 94.4 cm³/mol. The summed E-state index contributed by atoms with van der Waals surface area (Å²) in [5.74, 6) is 0.935. The Hall–Kier alpha value is -2.44. The number of likely N-dealkylation sites (tertiary alicyclic amines) is 1. The topological polar surface area (TPSA) is 93.9 Å². The smallest absolute Gasteiger partial charge is 0.410 e. The molecule has 3 rings (SSSR count). The van der Waals surface area contributed by atoms with E-state index in [0.717, 1.165) is 6.42 Å². The summed E-state index contributed by atoms with van der Waals surface area (Å²) in [5.41, 5.74) is 6.27. The summed E-state index contributed by atoms with van der Waals surface area (Å²) in [6.07, 6.45) is 0.517. The number of carbonyl (C=O) groups is 2. The Kier molecular flexibility index (Phi) is 4.26. The molecular formula is C18H25N3O4. The van der Waals surface area contributed by atoms with Crippen molar-refractivity contribution in [2.45, 2.75) is 38.8 Å². The largest absolute Gasteiger partial charge is 0.497 e. The van der Waals surface area contributed by atoms with E-state index in [1.54, 1.807) is 25.3 Å². The molecule has 0 unspecified atom stereocenters. The Morgan fingerprint density at radius 1 is 1.32 bits per heavy atom. The van der Waals surface area contributed by atoms with Gasteiger partial charge in [-0.3, -0.25) is 9.69 Å². The van der Waals surface area contributed by atoms with Gasteiger partial charge in [0.2, 0.25) is 5.91 Å². The second kappa shape index (κ2) is 6.13. The van der Waals surface area contributed by atoms with E-state index in [9.17, 15) is 9.59 Å². The lowest BCUT2D eigenvalue weighted by atomic mass is 10.1. The highest BCUT2D eigenvalue weighted by Crippen LogP contribution is 2.50. The van der Waals surface area contributed by atoms with Gasteiger partial charge in [0.15, 0.2) is 0 Å². The number of hydrogen-bond acceptors (Lipinski definition) is 5. The third-order valence-corrected chi connectivity index (χ3v) is 4.56. The first kappa shape index (κ1) is 17.4. The van der Waals surface area contributed by atoms with Crippen LogP contribution in [0.5, 0.6) is 5.75 Å². The molecule has 1 heterocycles. The first-order valence-corrected chi connectivity index (χ1v) is 8.43. The van der Waals surface area contributed by atoms with Gasteiger partial charge in [0.1, 0.15) is 17.4 Å². The van der Waals surface area contributed by atoms with Crippen molar-refractivity contribution in [3.05, 3.63) is 18.2 Å². The molecular weight excluding hydrogens is 322 g/mol. The zero-order chi connectivity index (χ0) is 18.4. The molecule has 1 aromatic carbocycles. The van der Waals surface area contributed by atoms with Crippen molar-refractivity contribution in [1.82, 2.24) is 4.90 Å². The number of amides is 2. The summed E-state index contributed by atoms with van der Waals surface area (Å²) in [5, 5.41) is 2.84. The summed E-state index contributed by atoms with van der Waals surface area (Å²) in [7, 11) is 1.55. The van der Waals surface area contributed by atoms with Crippen molar-refractivity contribution in [2.24, 2.45) is 11.8 Å². The van der Waals surface area contributed by atoms with E-state index in [2.05, 4.69) is 5.32 Å². The van der Waals surface area contributed by atoms with Crippen LogP contribution in [0, 0.1) is 11.8 Å². The monoisotopic (exact) mass is 347 g/mol. The molecule has 1 aliphatic heterocycles. The molecule has 7 nitrogen and oxygen atoms in total. The molecule has 0 spiro atoms. The summed E-state index contributed by atoms with van der Waals surface area (Å²) in [6.45, 7) is 6.00. The molecule has 0 bridgehead atoms. The van der Waals surface area contributed by atoms with Gasteiger partial charge in [-0.05, 0) is 51.2 Å². The Morgan fingerprint density at radius 2 is 2.04 bits per heavy atom. The number of hydrogen-bond donors (Lipinski definition) is 2. The molecule has 1 saturated heterocycles. The number of nitrogens with two attached hydrogens (primary N) is 1. The van der Waals surface area contributed by atoms with E-state index in [1.165, 1.54) is 4.90 Å². The van der Waals surface area contributed by atoms with E-state index >= 15 is 0 Å². The van der Waals surface area contributed by atoms with E-state index in [0.29, 0.717) is 29.6 Å². The zero-order valence-electron chi connectivity index (χ0n) is 15.0.